The molecule has 1 heterocycles. The maximum Gasteiger partial charge on any atom is 0.322 e. The summed E-state index contributed by atoms with van der Waals surface area (Å²) in [5.41, 5.74) is 6.47. The lowest BCUT2D eigenvalue weighted by molar-refractivity contribution is 0.275. The highest BCUT2D eigenvalue weighted by Crippen LogP contribution is 2.18. The number of aliphatic hydroxyl groups is 1. The average Bonchev–Trinajstić information content (AvgIpc) is 2.45. The molecule has 7 nitrogen and oxygen atoms in total. The maximum atomic E-state index is 9.44. The summed E-state index contributed by atoms with van der Waals surface area (Å²) < 4.78 is 4.91. The van der Waals surface area contributed by atoms with Gasteiger partial charge in [-0.2, -0.15) is 15.0 Å². The van der Waals surface area contributed by atoms with Gasteiger partial charge >= 0.3 is 6.01 Å². The van der Waals surface area contributed by atoms with Crippen molar-refractivity contribution >= 4 is 11.9 Å². The van der Waals surface area contributed by atoms with E-state index < -0.39 is 0 Å². The Labute approximate surface area is 110 Å². The second-order valence-electron chi connectivity index (χ2n) is 3.79. The molecule has 7 heteroatoms. The number of aromatic nitrogens is 3. The third-order valence-electron chi connectivity index (χ3n) is 2.50. The summed E-state index contributed by atoms with van der Waals surface area (Å²) in [7, 11) is 1.44. The van der Waals surface area contributed by atoms with Gasteiger partial charge in [0.1, 0.15) is 0 Å². The van der Waals surface area contributed by atoms with E-state index in [1.807, 2.05) is 30.3 Å². The fourth-order valence-corrected chi connectivity index (χ4v) is 1.60. The van der Waals surface area contributed by atoms with E-state index in [0.717, 1.165) is 5.56 Å². The maximum absolute atomic E-state index is 9.44. The van der Waals surface area contributed by atoms with Crippen molar-refractivity contribution in [3.63, 3.8) is 0 Å². The Hall–Kier alpha value is -2.41. The van der Waals surface area contributed by atoms with Crippen molar-refractivity contribution in [3.8, 4) is 6.01 Å². The zero-order valence-corrected chi connectivity index (χ0v) is 10.4. The summed E-state index contributed by atoms with van der Waals surface area (Å²) >= 11 is 0. The molecule has 4 N–H and O–H groups in total. The minimum atomic E-state index is -0.326. The van der Waals surface area contributed by atoms with Crippen molar-refractivity contribution in [3.05, 3.63) is 35.9 Å². The number of ether oxygens (including phenoxy) is 1. The van der Waals surface area contributed by atoms with Crippen molar-refractivity contribution in [1.29, 1.82) is 0 Å². The van der Waals surface area contributed by atoms with Crippen LogP contribution in [-0.2, 0) is 0 Å². The Morgan fingerprint density at radius 2 is 2.00 bits per heavy atom. The van der Waals surface area contributed by atoms with E-state index in [9.17, 15) is 5.11 Å². The van der Waals surface area contributed by atoms with Crippen molar-refractivity contribution in [2.24, 2.45) is 0 Å². The first-order valence-electron chi connectivity index (χ1n) is 5.71. The molecule has 0 bridgehead atoms. The highest BCUT2D eigenvalue weighted by molar-refractivity contribution is 5.36. The van der Waals surface area contributed by atoms with Gasteiger partial charge in [0, 0.05) is 0 Å². The first-order valence-corrected chi connectivity index (χ1v) is 5.71. The number of rotatable bonds is 5. The van der Waals surface area contributed by atoms with Gasteiger partial charge in [-0.1, -0.05) is 30.3 Å². The molecule has 2 rings (SSSR count). The molecular formula is C12H15N5O2. The number of aliphatic hydroxyl groups excluding tert-OH is 1. The predicted molar refractivity (Wildman–Crippen MR) is 70.7 cm³/mol. The van der Waals surface area contributed by atoms with Crippen LogP contribution in [0.2, 0.25) is 0 Å². The van der Waals surface area contributed by atoms with Crippen LogP contribution in [0.25, 0.3) is 0 Å². The summed E-state index contributed by atoms with van der Waals surface area (Å²) in [5.74, 6) is 0.311. The third kappa shape index (κ3) is 3.29. The number of hydrogen-bond donors (Lipinski definition) is 3. The van der Waals surface area contributed by atoms with Crippen LogP contribution in [0, 0.1) is 0 Å². The van der Waals surface area contributed by atoms with Crippen LogP contribution in [0.3, 0.4) is 0 Å². The van der Waals surface area contributed by atoms with Gasteiger partial charge < -0.3 is 20.9 Å². The minimum absolute atomic E-state index is 0.0547. The van der Waals surface area contributed by atoms with Crippen LogP contribution in [0.5, 0.6) is 6.01 Å². The number of hydrogen-bond acceptors (Lipinski definition) is 7. The highest BCUT2D eigenvalue weighted by Gasteiger charge is 2.13. The number of nitrogen functional groups attached to an aromatic ring is 1. The van der Waals surface area contributed by atoms with Gasteiger partial charge in [0.25, 0.3) is 0 Å². The Bertz CT molecular complexity index is 535. The molecule has 1 aromatic carbocycles. The van der Waals surface area contributed by atoms with Crippen molar-refractivity contribution in [2.45, 2.75) is 6.04 Å². The van der Waals surface area contributed by atoms with E-state index in [0.29, 0.717) is 0 Å². The number of anilines is 2. The van der Waals surface area contributed by atoms with Crippen LogP contribution in [0.1, 0.15) is 11.6 Å². The summed E-state index contributed by atoms with van der Waals surface area (Å²) in [6, 6.07) is 9.28. The predicted octanol–water partition coefficient (Wildman–Crippen LogP) is 0.608. The molecule has 100 valence electrons. The molecule has 1 aromatic heterocycles. The average molecular weight is 261 g/mol. The molecular weight excluding hydrogens is 246 g/mol. The highest BCUT2D eigenvalue weighted by atomic mass is 16.5. The van der Waals surface area contributed by atoms with E-state index in [-0.39, 0.29) is 30.6 Å². The molecule has 0 spiro atoms. The van der Waals surface area contributed by atoms with Crippen molar-refractivity contribution in [1.82, 2.24) is 15.0 Å². The Morgan fingerprint density at radius 3 is 2.63 bits per heavy atom. The van der Waals surface area contributed by atoms with Gasteiger partial charge in [0.2, 0.25) is 11.9 Å². The van der Waals surface area contributed by atoms with Gasteiger partial charge in [0.15, 0.2) is 0 Å². The quantitative estimate of drug-likeness (QED) is 0.723. The van der Waals surface area contributed by atoms with Gasteiger partial charge in [0.05, 0.1) is 19.8 Å². The molecule has 0 saturated heterocycles. The fourth-order valence-electron chi connectivity index (χ4n) is 1.60. The van der Waals surface area contributed by atoms with Crippen LogP contribution in [0.4, 0.5) is 11.9 Å². The third-order valence-corrected chi connectivity index (χ3v) is 2.50. The van der Waals surface area contributed by atoms with Gasteiger partial charge in [-0.05, 0) is 5.56 Å². The van der Waals surface area contributed by atoms with Gasteiger partial charge in [-0.25, -0.2) is 0 Å². The molecule has 2 aromatic rings. The molecule has 1 unspecified atom stereocenters. The molecule has 0 aliphatic heterocycles. The van der Waals surface area contributed by atoms with Crippen molar-refractivity contribution < 1.29 is 9.84 Å². The fraction of sp³-hybridized carbons (Fsp3) is 0.250. The number of nitrogens with zero attached hydrogens (tertiary/aromatic N) is 3. The molecule has 0 saturated carbocycles. The lowest BCUT2D eigenvalue weighted by Gasteiger charge is -2.16. The molecule has 1 atom stereocenters. The van der Waals surface area contributed by atoms with Gasteiger partial charge in [-0.15, -0.1) is 0 Å². The first-order chi connectivity index (χ1) is 9.22. The van der Waals surface area contributed by atoms with E-state index in [1.165, 1.54) is 7.11 Å². The van der Waals surface area contributed by atoms with Crippen LogP contribution in [0.15, 0.2) is 30.3 Å². The van der Waals surface area contributed by atoms with Gasteiger partial charge in [-0.3, -0.25) is 0 Å². The van der Waals surface area contributed by atoms with E-state index in [1.54, 1.807) is 0 Å². The molecule has 19 heavy (non-hydrogen) atoms. The zero-order chi connectivity index (χ0) is 13.7. The normalized spacial score (nSPS) is 11.9. The number of nitrogens with one attached hydrogen (secondary N) is 1. The second kappa shape index (κ2) is 5.96. The number of benzene rings is 1. The smallest absolute Gasteiger partial charge is 0.322 e. The molecule has 0 amide bonds. The SMILES string of the molecule is COc1nc(N)nc(NC(CO)c2ccccc2)n1. The second-order valence-corrected chi connectivity index (χ2v) is 3.79. The lowest BCUT2D eigenvalue weighted by atomic mass is 10.1. The Kier molecular flexibility index (Phi) is 4.09. The first kappa shape index (κ1) is 13.0. The molecule has 0 aliphatic carbocycles. The number of methoxy groups -OCH3 is 1. The van der Waals surface area contributed by atoms with E-state index in [2.05, 4.69) is 20.3 Å². The van der Waals surface area contributed by atoms with Crippen LogP contribution >= 0.6 is 0 Å². The Balaban J connectivity index is 2.21. The lowest BCUT2D eigenvalue weighted by Crippen LogP contribution is -2.17. The Morgan fingerprint density at radius 1 is 1.26 bits per heavy atom. The summed E-state index contributed by atoms with van der Waals surface area (Å²) in [6.07, 6.45) is 0. The standard InChI is InChI=1S/C12H15N5O2/c1-19-12-16-10(13)15-11(17-12)14-9(7-18)8-5-3-2-4-6-8/h2-6,9,18H,7H2,1H3,(H3,13,14,15,16,17). The topological polar surface area (TPSA) is 106 Å². The largest absolute Gasteiger partial charge is 0.467 e. The van der Waals surface area contributed by atoms with Crippen LogP contribution in [-0.4, -0.2) is 33.8 Å². The van der Waals surface area contributed by atoms with Crippen LogP contribution < -0.4 is 15.8 Å². The summed E-state index contributed by atoms with van der Waals surface area (Å²) in [6.45, 7) is -0.0993. The molecule has 0 aliphatic rings. The number of nitrogens with two attached hydrogens (primary N) is 1. The minimum Gasteiger partial charge on any atom is -0.467 e. The monoisotopic (exact) mass is 261 g/mol. The van der Waals surface area contributed by atoms with E-state index in [4.69, 9.17) is 10.5 Å². The van der Waals surface area contributed by atoms with E-state index >= 15 is 0 Å². The molecule has 0 fully saturated rings. The summed E-state index contributed by atoms with van der Waals surface area (Å²) in [4.78, 5) is 11.8. The summed E-state index contributed by atoms with van der Waals surface area (Å²) in [5, 5.41) is 12.4. The van der Waals surface area contributed by atoms with Crippen molar-refractivity contribution in [2.75, 3.05) is 24.8 Å². The molecule has 0 radical (unpaired) electrons. The zero-order valence-electron chi connectivity index (χ0n) is 10.4.